The minimum atomic E-state index is -3.10. The number of nitrogens with one attached hydrogen (secondary N) is 2. The van der Waals surface area contributed by atoms with E-state index in [-0.39, 0.29) is 11.5 Å². The molecule has 1 aliphatic rings. The molecule has 0 heterocycles. The molecule has 1 aliphatic carbocycles. The van der Waals surface area contributed by atoms with Gasteiger partial charge < -0.3 is 15.4 Å². The molecule has 7 heteroatoms. The van der Waals surface area contributed by atoms with Gasteiger partial charge in [-0.2, -0.15) is 0 Å². The maximum Gasteiger partial charge on any atom is 0.191 e. The molecule has 0 radical (unpaired) electrons. The van der Waals surface area contributed by atoms with Crippen molar-refractivity contribution in [1.29, 1.82) is 0 Å². The van der Waals surface area contributed by atoms with Crippen LogP contribution in [0.2, 0.25) is 0 Å². The summed E-state index contributed by atoms with van der Waals surface area (Å²) in [5, 5.41) is 6.46. The van der Waals surface area contributed by atoms with E-state index in [1.165, 1.54) is 12.8 Å². The lowest BCUT2D eigenvalue weighted by molar-refractivity contribution is 0.123. The molecule has 0 atom stereocenters. The van der Waals surface area contributed by atoms with E-state index in [2.05, 4.69) is 15.6 Å². The minimum absolute atomic E-state index is 0.0940. The highest BCUT2D eigenvalue weighted by molar-refractivity contribution is 7.90. The van der Waals surface area contributed by atoms with Crippen molar-refractivity contribution in [3.05, 3.63) is 35.9 Å². The Morgan fingerprint density at radius 2 is 1.96 bits per heavy atom. The molecule has 27 heavy (non-hydrogen) atoms. The molecule has 0 amide bonds. The number of hydrogen-bond donors (Lipinski definition) is 2. The average molecular weight is 396 g/mol. The van der Waals surface area contributed by atoms with Gasteiger partial charge in [0.1, 0.15) is 0 Å². The molecule has 0 bridgehead atoms. The van der Waals surface area contributed by atoms with E-state index in [4.69, 9.17) is 4.74 Å². The molecule has 1 aromatic carbocycles. The SMILES string of the molecule is CCNC(=NCCCS(=O)(=O)Cc1ccccc1)NCCCOCC1CC1. The molecule has 0 spiro atoms. The number of hydrogen-bond acceptors (Lipinski definition) is 4. The summed E-state index contributed by atoms with van der Waals surface area (Å²) in [4.78, 5) is 4.47. The van der Waals surface area contributed by atoms with E-state index in [0.717, 1.165) is 50.2 Å². The number of aliphatic imine (C=N–C) groups is 1. The van der Waals surface area contributed by atoms with Gasteiger partial charge in [0, 0.05) is 32.8 Å². The molecule has 0 aromatic heterocycles. The smallest absolute Gasteiger partial charge is 0.191 e. The topological polar surface area (TPSA) is 79.8 Å². The van der Waals surface area contributed by atoms with E-state index in [9.17, 15) is 8.42 Å². The Bertz CT molecular complexity index is 658. The molecular weight excluding hydrogens is 362 g/mol. The number of benzene rings is 1. The lowest BCUT2D eigenvalue weighted by Gasteiger charge is -2.11. The molecule has 152 valence electrons. The van der Waals surface area contributed by atoms with Crippen LogP contribution in [0, 0.1) is 5.92 Å². The molecule has 0 aliphatic heterocycles. The Morgan fingerprint density at radius 1 is 1.19 bits per heavy atom. The maximum atomic E-state index is 12.2. The largest absolute Gasteiger partial charge is 0.381 e. The van der Waals surface area contributed by atoms with Gasteiger partial charge in [-0.15, -0.1) is 0 Å². The zero-order valence-electron chi connectivity index (χ0n) is 16.3. The summed E-state index contributed by atoms with van der Waals surface area (Å²) in [6.07, 6.45) is 4.09. The van der Waals surface area contributed by atoms with Crippen molar-refractivity contribution in [2.24, 2.45) is 10.9 Å². The zero-order valence-corrected chi connectivity index (χ0v) is 17.1. The molecular formula is C20H33N3O3S. The Kier molecular flexibility index (Phi) is 9.62. The third-order valence-corrected chi connectivity index (χ3v) is 5.95. The molecule has 2 rings (SSSR count). The predicted octanol–water partition coefficient (Wildman–Crippen LogP) is 2.36. The van der Waals surface area contributed by atoms with Crippen LogP contribution >= 0.6 is 0 Å². The summed E-state index contributed by atoms with van der Waals surface area (Å²) < 4.78 is 30.0. The van der Waals surface area contributed by atoms with E-state index < -0.39 is 9.84 Å². The molecule has 6 nitrogen and oxygen atoms in total. The summed E-state index contributed by atoms with van der Waals surface area (Å²) in [5.41, 5.74) is 0.833. The van der Waals surface area contributed by atoms with Gasteiger partial charge in [-0.05, 0) is 44.1 Å². The van der Waals surface area contributed by atoms with Gasteiger partial charge in [0.05, 0.1) is 11.5 Å². The quantitative estimate of drug-likeness (QED) is 0.304. The summed E-state index contributed by atoms with van der Waals surface area (Å²) in [6, 6.07) is 9.30. The van der Waals surface area contributed by atoms with Gasteiger partial charge in [-0.25, -0.2) is 8.42 Å². The fraction of sp³-hybridized carbons (Fsp3) is 0.650. The lowest BCUT2D eigenvalue weighted by atomic mass is 10.2. The van der Waals surface area contributed by atoms with Gasteiger partial charge in [0.2, 0.25) is 0 Å². The van der Waals surface area contributed by atoms with Crippen LogP contribution in [0.4, 0.5) is 0 Å². The summed E-state index contributed by atoms with van der Waals surface area (Å²) in [5.74, 6) is 1.78. The second kappa shape index (κ2) is 12.0. The van der Waals surface area contributed by atoms with Crippen molar-refractivity contribution in [3.63, 3.8) is 0 Å². The van der Waals surface area contributed by atoms with Crippen LogP contribution in [-0.4, -0.2) is 53.0 Å². The molecule has 0 unspecified atom stereocenters. The number of ether oxygens (including phenoxy) is 1. The zero-order chi connectivity index (χ0) is 19.4. The van der Waals surface area contributed by atoms with Gasteiger partial charge in [-0.3, -0.25) is 4.99 Å². The Morgan fingerprint density at radius 3 is 2.67 bits per heavy atom. The van der Waals surface area contributed by atoms with Crippen LogP contribution in [0.15, 0.2) is 35.3 Å². The monoisotopic (exact) mass is 395 g/mol. The number of rotatable bonds is 13. The average Bonchev–Trinajstić information content (AvgIpc) is 3.46. The van der Waals surface area contributed by atoms with Crippen LogP contribution < -0.4 is 10.6 Å². The van der Waals surface area contributed by atoms with Crippen LogP contribution in [0.5, 0.6) is 0 Å². The van der Waals surface area contributed by atoms with E-state index in [1.807, 2.05) is 37.3 Å². The van der Waals surface area contributed by atoms with Crippen LogP contribution in [0.3, 0.4) is 0 Å². The van der Waals surface area contributed by atoms with Gasteiger partial charge in [-0.1, -0.05) is 30.3 Å². The third-order valence-electron chi connectivity index (χ3n) is 4.27. The molecule has 1 fully saturated rings. The van der Waals surface area contributed by atoms with Crippen molar-refractivity contribution >= 4 is 15.8 Å². The second-order valence-electron chi connectivity index (χ2n) is 6.99. The van der Waals surface area contributed by atoms with Crippen LogP contribution in [0.25, 0.3) is 0 Å². The number of guanidine groups is 1. The highest BCUT2D eigenvalue weighted by atomic mass is 32.2. The standard InChI is InChI=1S/C20H33N3O3S/c1-2-21-20(22-12-6-14-26-16-18-10-11-18)23-13-7-15-27(24,25)17-19-8-4-3-5-9-19/h3-5,8-9,18H,2,6-7,10-17H2,1H3,(H2,21,22,23). The van der Waals surface area contributed by atoms with Gasteiger partial charge >= 0.3 is 0 Å². The fourth-order valence-electron chi connectivity index (χ4n) is 2.63. The summed E-state index contributed by atoms with van der Waals surface area (Å²) in [6.45, 7) is 5.73. The van der Waals surface area contributed by atoms with E-state index in [0.29, 0.717) is 13.0 Å². The van der Waals surface area contributed by atoms with Crippen LogP contribution in [-0.2, 0) is 20.3 Å². The first-order chi connectivity index (χ1) is 13.1. The van der Waals surface area contributed by atoms with Gasteiger partial charge in [0.25, 0.3) is 0 Å². The minimum Gasteiger partial charge on any atom is -0.381 e. The van der Waals surface area contributed by atoms with Crippen molar-refractivity contribution in [1.82, 2.24) is 10.6 Å². The first kappa shape index (κ1) is 21.7. The highest BCUT2D eigenvalue weighted by Gasteiger charge is 2.20. The molecule has 1 saturated carbocycles. The molecule has 1 aromatic rings. The van der Waals surface area contributed by atoms with Crippen molar-refractivity contribution in [2.45, 2.75) is 38.4 Å². The highest BCUT2D eigenvalue weighted by Crippen LogP contribution is 2.28. The van der Waals surface area contributed by atoms with Crippen LogP contribution in [0.1, 0.15) is 38.2 Å². The number of nitrogens with zero attached hydrogens (tertiary/aromatic N) is 1. The molecule has 0 saturated heterocycles. The second-order valence-corrected chi connectivity index (χ2v) is 9.17. The third kappa shape index (κ3) is 10.3. The number of sulfone groups is 1. The molecule has 2 N–H and O–H groups in total. The Balaban J connectivity index is 1.62. The van der Waals surface area contributed by atoms with Crippen molar-refractivity contribution in [3.8, 4) is 0 Å². The fourth-order valence-corrected chi connectivity index (χ4v) is 4.05. The first-order valence-corrected chi connectivity index (χ1v) is 11.8. The Labute approximate surface area is 163 Å². The van der Waals surface area contributed by atoms with E-state index >= 15 is 0 Å². The normalized spacial score (nSPS) is 14.9. The maximum absolute atomic E-state index is 12.2. The van der Waals surface area contributed by atoms with E-state index in [1.54, 1.807) is 0 Å². The predicted molar refractivity (Wildman–Crippen MR) is 111 cm³/mol. The first-order valence-electron chi connectivity index (χ1n) is 9.93. The Hall–Kier alpha value is -1.60. The lowest BCUT2D eigenvalue weighted by Crippen LogP contribution is -2.38. The van der Waals surface area contributed by atoms with Crippen molar-refractivity contribution in [2.75, 3.05) is 38.6 Å². The summed E-state index contributed by atoms with van der Waals surface area (Å²) in [7, 11) is -3.10. The summed E-state index contributed by atoms with van der Waals surface area (Å²) >= 11 is 0. The van der Waals surface area contributed by atoms with Gasteiger partial charge in [0.15, 0.2) is 15.8 Å². The van der Waals surface area contributed by atoms with Crippen molar-refractivity contribution < 1.29 is 13.2 Å².